The molecular formula is C15H16N4OS. The maximum Gasteiger partial charge on any atom is 0.129 e. The van der Waals surface area contributed by atoms with Gasteiger partial charge in [0.1, 0.15) is 23.0 Å². The number of rotatable bonds is 3. The van der Waals surface area contributed by atoms with E-state index in [1.54, 1.807) is 23.1 Å². The molecule has 3 aromatic rings. The molecule has 0 atom stereocenters. The second-order valence-corrected chi connectivity index (χ2v) is 5.78. The standard InChI is InChI=1S/C15H16N4OS/c1-9-17-12(8-21-9)14-13(15(16)19(2)18-14)10-5-4-6-11(7-10)20-3/h4-8H,16H2,1-3H3. The van der Waals surface area contributed by atoms with Gasteiger partial charge in [-0.2, -0.15) is 5.10 Å². The highest BCUT2D eigenvalue weighted by atomic mass is 32.1. The van der Waals surface area contributed by atoms with Crippen molar-refractivity contribution in [1.82, 2.24) is 14.8 Å². The van der Waals surface area contributed by atoms with Crippen LogP contribution in [-0.4, -0.2) is 21.9 Å². The first-order chi connectivity index (χ1) is 10.1. The second-order valence-electron chi connectivity index (χ2n) is 4.72. The van der Waals surface area contributed by atoms with Gasteiger partial charge in [-0.25, -0.2) is 4.98 Å². The van der Waals surface area contributed by atoms with Crippen LogP contribution >= 0.6 is 11.3 Å². The number of thiazole rings is 1. The fourth-order valence-corrected chi connectivity index (χ4v) is 2.85. The van der Waals surface area contributed by atoms with Gasteiger partial charge in [-0.3, -0.25) is 4.68 Å². The number of nitrogens with zero attached hydrogens (tertiary/aromatic N) is 3. The lowest BCUT2D eigenvalue weighted by molar-refractivity contribution is 0.415. The van der Waals surface area contributed by atoms with E-state index >= 15 is 0 Å². The van der Waals surface area contributed by atoms with Gasteiger partial charge in [-0.05, 0) is 24.6 Å². The van der Waals surface area contributed by atoms with Crippen LogP contribution in [-0.2, 0) is 7.05 Å². The van der Waals surface area contributed by atoms with Gasteiger partial charge in [-0.1, -0.05) is 12.1 Å². The summed E-state index contributed by atoms with van der Waals surface area (Å²) in [6.45, 7) is 1.98. The minimum atomic E-state index is 0.615. The Morgan fingerprint density at radius 1 is 1.33 bits per heavy atom. The van der Waals surface area contributed by atoms with Crippen LogP contribution < -0.4 is 10.5 Å². The van der Waals surface area contributed by atoms with Gasteiger partial charge in [-0.15, -0.1) is 11.3 Å². The molecule has 0 saturated heterocycles. The van der Waals surface area contributed by atoms with E-state index in [0.29, 0.717) is 5.82 Å². The number of aromatic nitrogens is 3. The van der Waals surface area contributed by atoms with Crippen LogP contribution in [0.1, 0.15) is 5.01 Å². The van der Waals surface area contributed by atoms with E-state index in [9.17, 15) is 0 Å². The molecule has 0 aliphatic carbocycles. The smallest absolute Gasteiger partial charge is 0.129 e. The number of methoxy groups -OCH3 is 1. The lowest BCUT2D eigenvalue weighted by atomic mass is 10.0. The number of benzene rings is 1. The van der Waals surface area contributed by atoms with Gasteiger partial charge in [0.25, 0.3) is 0 Å². The van der Waals surface area contributed by atoms with Crippen LogP contribution in [0.25, 0.3) is 22.5 Å². The quantitative estimate of drug-likeness (QED) is 0.807. The van der Waals surface area contributed by atoms with E-state index in [1.165, 1.54) is 0 Å². The van der Waals surface area contributed by atoms with E-state index in [1.807, 2.05) is 43.6 Å². The first-order valence-corrected chi connectivity index (χ1v) is 7.37. The Bertz CT molecular complexity index is 791. The van der Waals surface area contributed by atoms with Gasteiger partial charge in [0.05, 0.1) is 17.7 Å². The third-order valence-electron chi connectivity index (χ3n) is 3.31. The zero-order chi connectivity index (χ0) is 15.0. The highest BCUT2D eigenvalue weighted by molar-refractivity contribution is 7.09. The molecule has 0 bridgehead atoms. The summed E-state index contributed by atoms with van der Waals surface area (Å²) >= 11 is 1.60. The summed E-state index contributed by atoms with van der Waals surface area (Å²) in [7, 11) is 3.48. The first-order valence-electron chi connectivity index (χ1n) is 6.49. The van der Waals surface area contributed by atoms with Crippen molar-refractivity contribution in [1.29, 1.82) is 0 Å². The molecule has 1 aromatic carbocycles. The summed E-state index contributed by atoms with van der Waals surface area (Å²) in [5.74, 6) is 1.40. The van der Waals surface area contributed by atoms with Gasteiger partial charge in [0.2, 0.25) is 0 Å². The van der Waals surface area contributed by atoms with Gasteiger partial charge >= 0.3 is 0 Å². The molecular weight excluding hydrogens is 284 g/mol. The summed E-state index contributed by atoms with van der Waals surface area (Å²) in [6, 6.07) is 7.80. The van der Waals surface area contributed by atoms with Gasteiger partial charge < -0.3 is 10.5 Å². The molecule has 5 nitrogen and oxygen atoms in total. The summed E-state index contributed by atoms with van der Waals surface area (Å²) in [5.41, 5.74) is 9.72. The molecule has 0 unspecified atom stereocenters. The average molecular weight is 300 g/mol. The van der Waals surface area contributed by atoms with Crippen molar-refractivity contribution in [2.75, 3.05) is 12.8 Å². The largest absolute Gasteiger partial charge is 0.497 e. The van der Waals surface area contributed by atoms with Gasteiger partial charge in [0, 0.05) is 12.4 Å². The van der Waals surface area contributed by atoms with E-state index in [4.69, 9.17) is 10.5 Å². The molecule has 6 heteroatoms. The Hall–Kier alpha value is -2.34. The summed E-state index contributed by atoms with van der Waals surface area (Å²) < 4.78 is 6.97. The molecule has 3 rings (SSSR count). The minimum absolute atomic E-state index is 0.615. The lowest BCUT2D eigenvalue weighted by Gasteiger charge is -2.05. The zero-order valence-corrected chi connectivity index (χ0v) is 12.9. The molecule has 21 heavy (non-hydrogen) atoms. The van der Waals surface area contributed by atoms with E-state index in [0.717, 1.165) is 33.3 Å². The van der Waals surface area contributed by atoms with E-state index in [2.05, 4.69) is 10.1 Å². The second kappa shape index (κ2) is 5.21. The molecule has 2 heterocycles. The number of hydrogen-bond acceptors (Lipinski definition) is 5. The SMILES string of the molecule is COc1cccc(-c2c(-c3csc(C)n3)nn(C)c2N)c1. The van der Waals surface area contributed by atoms with Crippen LogP contribution in [0, 0.1) is 6.92 Å². The summed E-state index contributed by atoms with van der Waals surface area (Å²) in [6.07, 6.45) is 0. The number of nitrogen functional groups attached to an aromatic ring is 1. The molecule has 108 valence electrons. The van der Waals surface area contributed by atoms with E-state index < -0.39 is 0 Å². The summed E-state index contributed by atoms with van der Waals surface area (Å²) in [4.78, 5) is 4.52. The van der Waals surface area contributed by atoms with Crippen LogP contribution in [0.5, 0.6) is 5.75 Å². The Labute approximate surface area is 127 Å². The Balaban J connectivity index is 2.21. The summed E-state index contributed by atoms with van der Waals surface area (Å²) in [5, 5.41) is 7.53. The van der Waals surface area contributed by atoms with E-state index in [-0.39, 0.29) is 0 Å². The highest BCUT2D eigenvalue weighted by Crippen LogP contribution is 2.37. The fraction of sp³-hybridized carbons (Fsp3) is 0.200. The number of anilines is 1. The van der Waals surface area contributed by atoms with Crippen molar-refractivity contribution in [2.24, 2.45) is 7.05 Å². The van der Waals surface area contributed by atoms with Crippen LogP contribution in [0.3, 0.4) is 0 Å². The molecule has 0 saturated carbocycles. The van der Waals surface area contributed by atoms with Crippen molar-refractivity contribution in [3.8, 4) is 28.3 Å². The predicted octanol–water partition coefficient (Wildman–Crippen LogP) is 3.11. The Kier molecular flexibility index (Phi) is 3.39. The van der Waals surface area contributed by atoms with Crippen molar-refractivity contribution in [2.45, 2.75) is 6.92 Å². The van der Waals surface area contributed by atoms with Crippen molar-refractivity contribution in [3.05, 3.63) is 34.7 Å². The molecule has 2 N–H and O–H groups in total. The molecule has 0 aliphatic heterocycles. The molecule has 2 aromatic heterocycles. The topological polar surface area (TPSA) is 66.0 Å². The first kappa shape index (κ1) is 13.6. The zero-order valence-electron chi connectivity index (χ0n) is 12.1. The fourth-order valence-electron chi connectivity index (χ4n) is 2.25. The van der Waals surface area contributed by atoms with Crippen molar-refractivity contribution < 1.29 is 4.74 Å². The maximum absolute atomic E-state index is 6.21. The monoisotopic (exact) mass is 300 g/mol. The molecule has 0 fully saturated rings. The van der Waals surface area contributed by atoms with Crippen molar-refractivity contribution >= 4 is 17.2 Å². The number of hydrogen-bond donors (Lipinski definition) is 1. The van der Waals surface area contributed by atoms with Crippen LogP contribution in [0.15, 0.2) is 29.6 Å². The molecule has 0 amide bonds. The minimum Gasteiger partial charge on any atom is -0.497 e. The number of aryl methyl sites for hydroxylation is 2. The number of ether oxygens (including phenoxy) is 1. The van der Waals surface area contributed by atoms with Crippen LogP contribution in [0.2, 0.25) is 0 Å². The Morgan fingerprint density at radius 3 is 2.81 bits per heavy atom. The third-order valence-corrected chi connectivity index (χ3v) is 4.09. The molecule has 0 radical (unpaired) electrons. The van der Waals surface area contributed by atoms with Crippen molar-refractivity contribution in [3.63, 3.8) is 0 Å². The molecule has 0 spiro atoms. The van der Waals surface area contributed by atoms with Gasteiger partial charge in [0.15, 0.2) is 0 Å². The Morgan fingerprint density at radius 2 is 2.14 bits per heavy atom. The lowest BCUT2D eigenvalue weighted by Crippen LogP contribution is -1.98. The predicted molar refractivity (Wildman–Crippen MR) is 85.5 cm³/mol. The highest BCUT2D eigenvalue weighted by Gasteiger charge is 2.19. The molecule has 0 aliphatic rings. The third kappa shape index (κ3) is 2.38. The normalized spacial score (nSPS) is 10.8. The average Bonchev–Trinajstić information content (AvgIpc) is 3.04. The number of nitrogens with two attached hydrogens (primary N) is 1. The maximum atomic E-state index is 6.21. The van der Waals surface area contributed by atoms with Crippen LogP contribution in [0.4, 0.5) is 5.82 Å².